The van der Waals surface area contributed by atoms with Crippen LogP contribution in [0.5, 0.6) is 0 Å². The number of rotatable bonds is 5. The highest BCUT2D eigenvalue weighted by molar-refractivity contribution is 9.10. The summed E-state index contributed by atoms with van der Waals surface area (Å²) in [7, 11) is -1.96. The van der Waals surface area contributed by atoms with Crippen LogP contribution in [0.2, 0.25) is 0 Å². The first-order valence-corrected chi connectivity index (χ1v) is 8.18. The number of hydrogen-bond acceptors (Lipinski definition) is 4. The van der Waals surface area contributed by atoms with Gasteiger partial charge in [0.05, 0.1) is 17.6 Å². The third-order valence-electron chi connectivity index (χ3n) is 3.22. The third kappa shape index (κ3) is 3.35. The lowest BCUT2D eigenvalue weighted by Crippen LogP contribution is -2.47. The Kier molecular flexibility index (Phi) is 4.62. The van der Waals surface area contributed by atoms with E-state index in [1.807, 2.05) is 0 Å². The summed E-state index contributed by atoms with van der Waals surface area (Å²) in [6.45, 7) is -0.190. The Hall–Kier alpha value is -0.470. The summed E-state index contributed by atoms with van der Waals surface area (Å²) in [5.41, 5.74) is 0.562. The molecule has 0 saturated heterocycles. The number of nitrogens with one attached hydrogen (secondary N) is 1. The number of halogens is 1. The zero-order valence-electron chi connectivity index (χ0n) is 10.5. The number of aliphatic hydroxyl groups is 1. The third-order valence-corrected chi connectivity index (χ3v) is 5.73. The molecule has 0 spiro atoms. The summed E-state index contributed by atoms with van der Waals surface area (Å²) in [6, 6.07) is 4.69. The van der Waals surface area contributed by atoms with Crippen molar-refractivity contribution in [1.29, 1.82) is 0 Å². The van der Waals surface area contributed by atoms with Gasteiger partial charge in [0.1, 0.15) is 0 Å². The summed E-state index contributed by atoms with van der Waals surface area (Å²) >= 11 is 3.23. The van der Waals surface area contributed by atoms with Crippen LogP contribution in [-0.2, 0) is 21.4 Å². The standard InChI is InChI=1S/C12H16BrNO4S/c1-18-10-5-9(6-10)14-19(16,17)12-4-8(7-15)2-3-11(12)13/h2-4,9-10,14-15H,5-7H2,1H3. The minimum absolute atomic E-state index is 0.0837. The topological polar surface area (TPSA) is 75.6 Å². The van der Waals surface area contributed by atoms with Crippen molar-refractivity contribution in [1.82, 2.24) is 4.72 Å². The molecule has 0 bridgehead atoms. The van der Waals surface area contributed by atoms with Crippen LogP contribution >= 0.6 is 15.9 Å². The van der Waals surface area contributed by atoms with Crippen molar-refractivity contribution in [2.75, 3.05) is 7.11 Å². The van der Waals surface area contributed by atoms with E-state index in [0.717, 1.165) is 0 Å². The lowest BCUT2D eigenvalue weighted by molar-refractivity contribution is 0.0236. The molecule has 1 aliphatic carbocycles. The van der Waals surface area contributed by atoms with E-state index in [9.17, 15) is 8.42 Å². The molecule has 0 atom stereocenters. The van der Waals surface area contributed by atoms with Gasteiger partial charge in [-0.1, -0.05) is 6.07 Å². The average Bonchev–Trinajstić information content (AvgIpc) is 2.33. The van der Waals surface area contributed by atoms with Gasteiger partial charge in [0.15, 0.2) is 0 Å². The SMILES string of the molecule is COC1CC(NS(=O)(=O)c2cc(CO)ccc2Br)C1. The molecule has 0 aliphatic heterocycles. The molecular weight excluding hydrogens is 334 g/mol. The van der Waals surface area contributed by atoms with Crippen LogP contribution in [0.15, 0.2) is 27.6 Å². The molecule has 1 fully saturated rings. The average molecular weight is 350 g/mol. The van der Waals surface area contributed by atoms with E-state index < -0.39 is 10.0 Å². The molecule has 2 N–H and O–H groups in total. The fourth-order valence-electron chi connectivity index (χ4n) is 1.99. The molecule has 0 unspecified atom stereocenters. The van der Waals surface area contributed by atoms with Crippen molar-refractivity contribution >= 4 is 26.0 Å². The van der Waals surface area contributed by atoms with Crippen LogP contribution in [-0.4, -0.2) is 32.8 Å². The lowest BCUT2D eigenvalue weighted by atomic mass is 9.90. The summed E-state index contributed by atoms with van der Waals surface area (Å²) in [5, 5.41) is 9.08. The first-order valence-electron chi connectivity index (χ1n) is 5.90. The highest BCUT2D eigenvalue weighted by atomic mass is 79.9. The quantitative estimate of drug-likeness (QED) is 0.842. The summed E-state index contributed by atoms with van der Waals surface area (Å²) in [6.07, 6.45) is 1.51. The number of ether oxygens (including phenoxy) is 1. The van der Waals surface area contributed by atoms with E-state index in [-0.39, 0.29) is 23.6 Å². The number of sulfonamides is 1. The number of aliphatic hydroxyl groups excluding tert-OH is 1. The van der Waals surface area contributed by atoms with Gasteiger partial charge in [-0.2, -0.15) is 0 Å². The molecule has 7 heteroatoms. The molecule has 19 heavy (non-hydrogen) atoms. The second-order valence-corrected chi connectivity index (χ2v) is 7.11. The second-order valence-electron chi connectivity index (χ2n) is 4.57. The highest BCUT2D eigenvalue weighted by Gasteiger charge is 2.33. The molecule has 0 radical (unpaired) electrons. The summed E-state index contributed by atoms with van der Waals surface area (Å²) < 4.78 is 32.8. The van der Waals surface area contributed by atoms with Gasteiger partial charge in [-0.15, -0.1) is 0 Å². The van der Waals surface area contributed by atoms with E-state index in [1.165, 1.54) is 6.07 Å². The smallest absolute Gasteiger partial charge is 0.241 e. The van der Waals surface area contributed by atoms with Crippen LogP contribution in [0.3, 0.4) is 0 Å². The zero-order chi connectivity index (χ0) is 14.0. The molecule has 0 aromatic heterocycles. The normalized spacial score (nSPS) is 23.1. The van der Waals surface area contributed by atoms with Gasteiger partial charge in [0, 0.05) is 17.6 Å². The number of benzene rings is 1. The van der Waals surface area contributed by atoms with Crippen LogP contribution in [0.4, 0.5) is 0 Å². The van der Waals surface area contributed by atoms with Crippen LogP contribution < -0.4 is 4.72 Å². The molecule has 0 heterocycles. The zero-order valence-corrected chi connectivity index (χ0v) is 12.9. The highest BCUT2D eigenvalue weighted by Crippen LogP contribution is 2.27. The lowest BCUT2D eigenvalue weighted by Gasteiger charge is -2.34. The molecule has 1 aliphatic rings. The van der Waals surface area contributed by atoms with Gasteiger partial charge in [-0.25, -0.2) is 13.1 Å². The van der Waals surface area contributed by atoms with Crippen molar-refractivity contribution in [3.8, 4) is 0 Å². The van der Waals surface area contributed by atoms with E-state index in [4.69, 9.17) is 9.84 Å². The van der Waals surface area contributed by atoms with Crippen LogP contribution in [0.1, 0.15) is 18.4 Å². The summed E-state index contributed by atoms with van der Waals surface area (Å²) in [4.78, 5) is 0.153. The molecule has 106 valence electrons. The Morgan fingerprint density at radius 3 is 2.74 bits per heavy atom. The van der Waals surface area contributed by atoms with E-state index >= 15 is 0 Å². The second kappa shape index (κ2) is 5.88. The molecule has 1 aromatic carbocycles. The van der Waals surface area contributed by atoms with Gasteiger partial charge in [-0.3, -0.25) is 0 Å². The molecule has 1 aromatic rings. The van der Waals surface area contributed by atoms with Gasteiger partial charge >= 0.3 is 0 Å². The largest absolute Gasteiger partial charge is 0.392 e. The van der Waals surface area contributed by atoms with Crippen molar-refractivity contribution in [2.45, 2.75) is 36.5 Å². The van der Waals surface area contributed by atoms with Crippen LogP contribution in [0, 0.1) is 0 Å². The number of methoxy groups -OCH3 is 1. The van der Waals surface area contributed by atoms with Gasteiger partial charge in [-0.05, 0) is 46.5 Å². The number of hydrogen-bond donors (Lipinski definition) is 2. The van der Waals surface area contributed by atoms with Crippen molar-refractivity contribution in [2.24, 2.45) is 0 Å². The molecule has 5 nitrogen and oxygen atoms in total. The molecule has 0 amide bonds. The van der Waals surface area contributed by atoms with Crippen LogP contribution in [0.25, 0.3) is 0 Å². The first kappa shape index (κ1) is 14.9. The Labute approximate surface area is 121 Å². The monoisotopic (exact) mass is 349 g/mol. The Morgan fingerprint density at radius 1 is 1.47 bits per heavy atom. The molecular formula is C12H16BrNO4S. The maximum atomic E-state index is 12.3. The van der Waals surface area contributed by atoms with Crippen molar-refractivity contribution in [3.63, 3.8) is 0 Å². The minimum Gasteiger partial charge on any atom is -0.392 e. The van der Waals surface area contributed by atoms with Gasteiger partial charge in [0.25, 0.3) is 0 Å². The summed E-state index contributed by atoms with van der Waals surface area (Å²) in [5.74, 6) is 0. The van der Waals surface area contributed by atoms with Crippen molar-refractivity contribution in [3.05, 3.63) is 28.2 Å². The van der Waals surface area contributed by atoms with E-state index in [0.29, 0.717) is 22.9 Å². The maximum Gasteiger partial charge on any atom is 0.241 e. The molecule has 1 saturated carbocycles. The van der Waals surface area contributed by atoms with E-state index in [2.05, 4.69) is 20.7 Å². The predicted molar refractivity (Wildman–Crippen MR) is 74.2 cm³/mol. The first-order chi connectivity index (χ1) is 8.96. The molecule has 2 rings (SSSR count). The van der Waals surface area contributed by atoms with E-state index in [1.54, 1.807) is 19.2 Å². The fraction of sp³-hybridized carbons (Fsp3) is 0.500. The Bertz CT molecular complexity index is 555. The Morgan fingerprint density at radius 2 is 2.16 bits per heavy atom. The Balaban J connectivity index is 2.15. The maximum absolute atomic E-state index is 12.3. The van der Waals surface area contributed by atoms with Gasteiger partial charge < -0.3 is 9.84 Å². The predicted octanol–water partition coefficient (Wildman–Crippen LogP) is 1.40. The minimum atomic E-state index is -3.58. The fourth-order valence-corrected chi connectivity index (χ4v) is 4.26. The van der Waals surface area contributed by atoms with Gasteiger partial charge in [0.2, 0.25) is 10.0 Å². The van der Waals surface area contributed by atoms with Crippen molar-refractivity contribution < 1.29 is 18.3 Å².